The van der Waals surface area contributed by atoms with Gasteiger partial charge in [-0.1, -0.05) is 18.2 Å². The average molecular weight is 244 g/mol. The number of hydrogen-bond acceptors (Lipinski definition) is 3. The molecule has 18 heavy (non-hydrogen) atoms. The lowest BCUT2D eigenvalue weighted by atomic mass is 10.3. The van der Waals surface area contributed by atoms with Crippen LogP contribution in [0.5, 0.6) is 0 Å². The summed E-state index contributed by atoms with van der Waals surface area (Å²) in [5, 5.41) is 2.62. The fraction of sp³-hybridized carbons (Fsp3) is 0.154. The molecular formula is C13H12N2O3. The van der Waals surface area contributed by atoms with Gasteiger partial charge in [-0.3, -0.25) is 19.3 Å². The zero-order chi connectivity index (χ0) is 13.1. The Hall–Kier alpha value is -2.43. The average Bonchev–Trinajstić information content (AvgIpc) is 2.57. The molecule has 5 heteroatoms. The number of benzene rings is 1. The highest BCUT2D eigenvalue weighted by atomic mass is 16.2. The minimum atomic E-state index is -0.444. The van der Waals surface area contributed by atoms with E-state index in [0.29, 0.717) is 11.3 Å². The molecule has 1 N–H and O–H groups in total. The van der Waals surface area contributed by atoms with Crippen molar-refractivity contribution in [1.29, 1.82) is 0 Å². The number of para-hydroxylation sites is 1. The molecule has 1 heterocycles. The highest BCUT2D eigenvalue weighted by Crippen LogP contribution is 2.12. The minimum absolute atomic E-state index is 0.263. The zero-order valence-corrected chi connectivity index (χ0v) is 9.84. The van der Waals surface area contributed by atoms with Crippen LogP contribution in [-0.2, 0) is 14.4 Å². The first-order valence-corrected chi connectivity index (χ1v) is 5.47. The molecule has 1 aliphatic heterocycles. The van der Waals surface area contributed by atoms with E-state index < -0.39 is 17.7 Å². The van der Waals surface area contributed by atoms with Gasteiger partial charge in [-0.05, 0) is 19.1 Å². The fourth-order valence-corrected chi connectivity index (χ4v) is 1.65. The SMILES string of the molecule is CC1=CC(=O)N(CC(=O)Nc2ccccc2)C1=O. The van der Waals surface area contributed by atoms with Crippen LogP contribution in [0.2, 0.25) is 0 Å². The summed E-state index contributed by atoms with van der Waals surface area (Å²) in [6, 6.07) is 8.86. The predicted octanol–water partition coefficient (Wildman–Crippen LogP) is 0.940. The van der Waals surface area contributed by atoms with Crippen molar-refractivity contribution in [2.75, 3.05) is 11.9 Å². The highest BCUT2D eigenvalue weighted by Gasteiger charge is 2.29. The maximum absolute atomic E-state index is 11.7. The summed E-state index contributed by atoms with van der Waals surface area (Å²) in [7, 11) is 0. The summed E-state index contributed by atoms with van der Waals surface area (Å²) < 4.78 is 0. The first kappa shape index (κ1) is 12.0. The van der Waals surface area contributed by atoms with E-state index >= 15 is 0 Å². The quantitative estimate of drug-likeness (QED) is 0.805. The Kier molecular flexibility index (Phi) is 3.23. The Bertz CT molecular complexity index is 534. The van der Waals surface area contributed by atoms with E-state index in [9.17, 15) is 14.4 Å². The number of hydrogen-bond donors (Lipinski definition) is 1. The molecule has 0 atom stereocenters. The summed E-state index contributed by atoms with van der Waals surface area (Å²) in [6.45, 7) is 1.29. The summed E-state index contributed by atoms with van der Waals surface area (Å²) >= 11 is 0. The number of nitrogens with zero attached hydrogens (tertiary/aromatic N) is 1. The Morgan fingerprint density at radius 3 is 2.44 bits per heavy atom. The largest absolute Gasteiger partial charge is 0.325 e. The Balaban J connectivity index is 1.97. The first-order chi connectivity index (χ1) is 8.58. The Morgan fingerprint density at radius 1 is 1.22 bits per heavy atom. The van der Waals surface area contributed by atoms with E-state index in [1.807, 2.05) is 6.07 Å². The molecule has 3 amide bonds. The van der Waals surface area contributed by atoms with Crippen molar-refractivity contribution in [2.45, 2.75) is 6.92 Å². The molecular weight excluding hydrogens is 232 g/mol. The van der Waals surface area contributed by atoms with Crippen molar-refractivity contribution in [3.8, 4) is 0 Å². The van der Waals surface area contributed by atoms with Crippen molar-refractivity contribution in [1.82, 2.24) is 4.90 Å². The number of rotatable bonds is 3. The van der Waals surface area contributed by atoms with Gasteiger partial charge in [-0.15, -0.1) is 0 Å². The van der Waals surface area contributed by atoms with Crippen molar-refractivity contribution >= 4 is 23.4 Å². The fourth-order valence-electron chi connectivity index (χ4n) is 1.65. The van der Waals surface area contributed by atoms with Gasteiger partial charge in [-0.25, -0.2) is 0 Å². The molecule has 0 saturated carbocycles. The zero-order valence-electron chi connectivity index (χ0n) is 9.84. The molecule has 1 aromatic carbocycles. The topological polar surface area (TPSA) is 66.5 Å². The third-order valence-corrected chi connectivity index (χ3v) is 2.55. The number of nitrogens with one attached hydrogen (secondary N) is 1. The molecule has 5 nitrogen and oxygen atoms in total. The lowest BCUT2D eigenvalue weighted by Gasteiger charge is -2.13. The Morgan fingerprint density at radius 2 is 1.89 bits per heavy atom. The maximum atomic E-state index is 11.7. The van der Waals surface area contributed by atoms with Gasteiger partial charge in [0.2, 0.25) is 5.91 Å². The van der Waals surface area contributed by atoms with Crippen LogP contribution in [0, 0.1) is 0 Å². The monoisotopic (exact) mass is 244 g/mol. The summed E-state index contributed by atoms with van der Waals surface area (Å²) in [5.74, 6) is -1.25. The van der Waals surface area contributed by atoms with Gasteiger partial charge in [0.15, 0.2) is 0 Å². The number of imide groups is 1. The van der Waals surface area contributed by atoms with Gasteiger partial charge in [0.05, 0.1) is 0 Å². The second-order valence-corrected chi connectivity index (χ2v) is 3.97. The molecule has 0 saturated heterocycles. The van der Waals surface area contributed by atoms with E-state index in [1.54, 1.807) is 31.2 Å². The smallest absolute Gasteiger partial charge is 0.257 e. The van der Waals surface area contributed by atoms with E-state index in [1.165, 1.54) is 6.08 Å². The first-order valence-electron chi connectivity index (χ1n) is 5.47. The predicted molar refractivity (Wildman–Crippen MR) is 65.5 cm³/mol. The molecule has 1 aromatic rings. The molecule has 0 aromatic heterocycles. The van der Waals surface area contributed by atoms with Gasteiger partial charge < -0.3 is 5.32 Å². The third kappa shape index (κ3) is 2.45. The van der Waals surface area contributed by atoms with Crippen LogP contribution in [-0.4, -0.2) is 29.2 Å². The van der Waals surface area contributed by atoms with E-state index in [2.05, 4.69) is 5.32 Å². The summed E-state index contributed by atoms with van der Waals surface area (Å²) in [6.07, 6.45) is 1.23. The van der Waals surface area contributed by atoms with Crippen LogP contribution in [0.25, 0.3) is 0 Å². The van der Waals surface area contributed by atoms with Crippen LogP contribution in [0.3, 0.4) is 0 Å². The number of anilines is 1. The second kappa shape index (κ2) is 4.83. The standard InChI is InChI=1S/C13H12N2O3/c1-9-7-12(17)15(13(9)18)8-11(16)14-10-5-3-2-4-6-10/h2-7H,8H2,1H3,(H,14,16). The molecule has 92 valence electrons. The molecule has 2 rings (SSSR count). The third-order valence-electron chi connectivity index (χ3n) is 2.55. The van der Waals surface area contributed by atoms with E-state index in [0.717, 1.165) is 4.90 Å². The van der Waals surface area contributed by atoms with Crippen LogP contribution in [0.1, 0.15) is 6.92 Å². The maximum Gasteiger partial charge on any atom is 0.257 e. The van der Waals surface area contributed by atoms with Crippen molar-refractivity contribution in [3.63, 3.8) is 0 Å². The molecule has 0 unspecified atom stereocenters. The number of carbonyl (C=O) groups is 3. The van der Waals surface area contributed by atoms with Gasteiger partial charge in [0, 0.05) is 17.3 Å². The normalized spacial score (nSPS) is 14.7. The molecule has 1 aliphatic rings. The number of carbonyl (C=O) groups excluding carboxylic acids is 3. The minimum Gasteiger partial charge on any atom is -0.325 e. The van der Waals surface area contributed by atoms with Gasteiger partial charge in [0.25, 0.3) is 11.8 Å². The molecule has 0 radical (unpaired) electrons. The molecule has 0 fully saturated rings. The number of amides is 3. The lowest BCUT2D eigenvalue weighted by Crippen LogP contribution is -2.38. The van der Waals surface area contributed by atoms with Crippen molar-refractivity contribution in [2.24, 2.45) is 0 Å². The highest BCUT2D eigenvalue weighted by molar-refractivity contribution is 6.17. The summed E-state index contributed by atoms with van der Waals surface area (Å²) in [5.41, 5.74) is 0.985. The van der Waals surface area contributed by atoms with Crippen LogP contribution >= 0.6 is 0 Å². The second-order valence-electron chi connectivity index (χ2n) is 3.97. The van der Waals surface area contributed by atoms with E-state index in [-0.39, 0.29) is 6.54 Å². The van der Waals surface area contributed by atoms with Gasteiger partial charge >= 0.3 is 0 Å². The van der Waals surface area contributed by atoms with Crippen molar-refractivity contribution < 1.29 is 14.4 Å². The lowest BCUT2D eigenvalue weighted by molar-refractivity contribution is -0.140. The van der Waals surface area contributed by atoms with Crippen LogP contribution in [0.4, 0.5) is 5.69 Å². The Labute approximate surface area is 104 Å². The van der Waals surface area contributed by atoms with Gasteiger partial charge in [-0.2, -0.15) is 0 Å². The molecule has 0 bridgehead atoms. The molecule has 0 spiro atoms. The van der Waals surface area contributed by atoms with Crippen molar-refractivity contribution in [3.05, 3.63) is 42.0 Å². The van der Waals surface area contributed by atoms with E-state index in [4.69, 9.17) is 0 Å². The van der Waals surface area contributed by atoms with Crippen LogP contribution in [0.15, 0.2) is 42.0 Å². The summed E-state index contributed by atoms with van der Waals surface area (Å²) in [4.78, 5) is 35.6. The van der Waals surface area contributed by atoms with Crippen LogP contribution < -0.4 is 5.32 Å². The molecule has 0 aliphatic carbocycles. The van der Waals surface area contributed by atoms with Gasteiger partial charge in [0.1, 0.15) is 6.54 Å².